The van der Waals surface area contributed by atoms with Crippen LogP contribution in [0.4, 0.5) is 0 Å². The molecule has 1 aromatic rings. The number of hydrogen-bond donors (Lipinski definition) is 0. The van der Waals surface area contributed by atoms with E-state index < -0.39 is 42.4 Å². The third-order valence-corrected chi connectivity index (χ3v) is 3.73. The Morgan fingerprint density at radius 1 is 1.15 bits per heavy atom. The molecule has 0 amide bonds. The monoisotopic (exact) mass is 377 g/mol. The molecule has 2 rings (SSSR count). The molecule has 1 aromatic carbocycles. The number of nitrogens with zero attached hydrogens (tertiary/aromatic N) is 3. The second-order valence-electron chi connectivity index (χ2n) is 5.89. The average molecular weight is 377 g/mol. The van der Waals surface area contributed by atoms with Crippen LogP contribution in [0.25, 0.3) is 10.4 Å². The summed E-state index contributed by atoms with van der Waals surface area (Å²) in [5.74, 6) is -1.94. The lowest BCUT2D eigenvalue weighted by Gasteiger charge is -2.19. The Hall–Kier alpha value is -3.10. The highest BCUT2D eigenvalue weighted by Crippen LogP contribution is 2.28. The largest absolute Gasteiger partial charge is 0.459 e. The van der Waals surface area contributed by atoms with Crippen LogP contribution >= 0.6 is 0 Å². The van der Waals surface area contributed by atoms with Gasteiger partial charge in [-0.15, -0.1) is 0 Å². The van der Waals surface area contributed by atoms with E-state index in [-0.39, 0.29) is 6.61 Å². The molecule has 1 aliphatic rings. The predicted molar refractivity (Wildman–Crippen MR) is 90.4 cm³/mol. The van der Waals surface area contributed by atoms with Crippen molar-refractivity contribution < 1.29 is 33.3 Å². The van der Waals surface area contributed by atoms with Crippen LogP contribution in [0.3, 0.4) is 0 Å². The molecule has 0 radical (unpaired) electrons. The van der Waals surface area contributed by atoms with Crippen molar-refractivity contribution in [2.75, 3.05) is 6.61 Å². The van der Waals surface area contributed by atoms with Crippen LogP contribution in [0.5, 0.6) is 0 Å². The predicted octanol–water partition coefficient (Wildman–Crippen LogP) is 2.05. The molecule has 0 saturated carbocycles. The van der Waals surface area contributed by atoms with Crippen molar-refractivity contribution in [2.45, 2.75) is 45.3 Å². The molecule has 0 spiro atoms. The van der Waals surface area contributed by atoms with Gasteiger partial charge >= 0.3 is 17.9 Å². The van der Waals surface area contributed by atoms with Crippen molar-refractivity contribution in [2.24, 2.45) is 5.11 Å². The van der Waals surface area contributed by atoms with Gasteiger partial charge in [0.15, 0.2) is 6.10 Å². The van der Waals surface area contributed by atoms with E-state index in [2.05, 4.69) is 10.0 Å². The lowest BCUT2D eigenvalue weighted by atomic mass is 10.1. The molecular weight excluding hydrogens is 358 g/mol. The van der Waals surface area contributed by atoms with Gasteiger partial charge in [-0.05, 0) is 24.6 Å². The number of carbonyl (C=O) groups is 3. The van der Waals surface area contributed by atoms with Gasteiger partial charge in [-0.2, -0.15) is 0 Å². The van der Waals surface area contributed by atoms with Crippen LogP contribution in [0, 0.1) is 6.92 Å². The minimum Gasteiger partial charge on any atom is -0.459 e. The van der Waals surface area contributed by atoms with Crippen LogP contribution < -0.4 is 0 Å². The van der Waals surface area contributed by atoms with E-state index >= 15 is 0 Å². The van der Waals surface area contributed by atoms with Gasteiger partial charge in [0.2, 0.25) is 6.29 Å². The van der Waals surface area contributed by atoms with Gasteiger partial charge in [-0.3, -0.25) is 9.59 Å². The van der Waals surface area contributed by atoms with E-state index in [1.54, 1.807) is 24.3 Å². The highest BCUT2D eigenvalue weighted by Gasteiger charge is 2.49. The molecule has 1 fully saturated rings. The molecule has 144 valence electrons. The smallest absolute Gasteiger partial charge is 0.338 e. The van der Waals surface area contributed by atoms with Gasteiger partial charge in [-0.1, -0.05) is 22.8 Å². The van der Waals surface area contributed by atoms with Crippen LogP contribution in [-0.2, 0) is 28.5 Å². The molecule has 1 saturated heterocycles. The molecule has 0 bridgehead atoms. The fourth-order valence-corrected chi connectivity index (χ4v) is 2.55. The first-order chi connectivity index (χ1) is 12.8. The zero-order valence-electron chi connectivity index (χ0n) is 15.0. The van der Waals surface area contributed by atoms with Gasteiger partial charge in [0, 0.05) is 18.8 Å². The van der Waals surface area contributed by atoms with E-state index in [0.717, 1.165) is 19.4 Å². The Morgan fingerprint density at radius 3 is 2.33 bits per heavy atom. The SMILES string of the molecule is CC(=O)OC1O[C@H](COC(=O)c2ccc(C)cc2)[C@@H](N=[N+]=[N-])[C@H]1OC(C)=O. The minimum atomic E-state index is -1.27. The van der Waals surface area contributed by atoms with Gasteiger partial charge < -0.3 is 18.9 Å². The van der Waals surface area contributed by atoms with E-state index in [4.69, 9.17) is 24.5 Å². The Kier molecular flexibility index (Phi) is 6.75. The third kappa shape index (κ3) is 5.44. The van der Waals surface area contributed by atoms with Gasteiger partial charge in [0.1, 0.15) is 18.8 Å². The number of benzene rings is 1. The number of hydrogen-bond acceptors (Lipinski definition) is 8. The van der Waals surface area contributed by atoms with Gasteiger partial charge in [-0.25, -0.2) is 4.79 Å². The minimum absolute atomic E-state index is 0.286. The number of azide groups is 1. The molecule has 10 heteroatoms. The summed E-state index contributed by atoms with van der Waals surface area (Å²) in [5.41, 5.74) is 10.1. The van der Waals surface area contributed by atoms with E-state index in [0.29, 0.717) is 5.56 Å². The number of carbonyl (C=O) groups excluding carboxylic acids is 3. The fourth-order valence-electron chi connectivity index (χ4n) is 2.55. The van der Waals surface area contributed by atoms with Gasteiger partial charge in [0.25, 0.3) is 0 Å². The first-order valence-corrected chi connectivity index (χ1v) is 8.09. The molecule has 10 nitrogen and oxygen atoms in total. The van der Waals surface area contributed by atoms with Crippen LogP contribution in [0.2, 0.25) is 0 Å². The maximum absolute atomic E-state index is 12.1. The summed E-state index contributed by atoms with van der Waals surface area (Å²) in [6, 6.07) is 5.72. The quantitative estimate of drug-likeness (QED) is 0.243. The number of rotatable bonds is 6. The molecule has 0 aromatic heterocycles. The third-order valence-electron chi connectivity index (χ3n) is 3.73. The van der Waals surface area contributed by atoms with E-state index in [1.807, 2.05) is 6.92 Å². The molecule has 1 unspecified atom stereocenters. The standard InChI is InChI=1S/C17H19N3O7/c1-9-4-6-12(7-5-9)16(23)24-8-13-14(19-20-18)15(25-10(2)21)17(27-13)26-11(3)22/h4-7,13-15,17H,8H2,1-3H3/t13-,14-,15-,17?/m1/s1. The maximum atomic E-state index is 12.1. The summed E-state index contributed by atoms with van der Waals surface area (Å²) in [7, 11) is 0. The molecule has 1 aliphatic heterocycles. The van der Waals surface area contributed by atoms with Crippen molar-refractivity contribution >= 4 is 17.9 Å². The van der Waals surface area contributed by atoms with Gasteiger partial charge in [0.05, 0.1) is 5.56 Å². The first kappa shape index (κ1) is 20.2. The second-order valence-corrected chi connectivity index (χ2v) is 5.89. The summed E-state index contributed by atoms with van der Waals surface area (Å²) < 4.78 is 20.8. The van der Waals surface area contributed by atoms with E-state index in [1.165, 1.54) is 0 Å². The molecule has 27 heavy (non-hydrogen) atoms. The molecule has 4 atom stereocenters. The normalized spacial score (nSPS) is 23.8. The maximum Gasteiger partial charge on any atom is 0.338 e. The Morgan fingerprint density at radius 2 is 1.78 bits per heavy atom. The van der Waals surface area contributed by atoms with Crippen molar-refractivity contribution in [1.82, 2.24) is 0 Å². The zero-order valence-corrected chi connectivity index (χ0v) is 15.0. The number of ether oxygens (including phenoxy) is 4. The zero-order chi connectivity index (χ0) is 20.0. The number of esters is 3. The average Bonchev–Trinajstić information content (AvgIpc) is 2.89. The van der Waals surface area contributed by atoms with Crippen LogP contribution in [0.15, 0.2) is 29.4 Å². The van der Waals surface area contributed by atoms with Crippen molar-refractivity contribution in [3.05, 3.63) is 45.8 Å². The topological polar surface area (TPSA) is 137 Å². The summed E-state index contributed by atoms with van der Waals surface area (Å²) in [6.07, 6.45) is -3.38. The Labute approximate surface area is 155 Å². The second kappa shape index (κ2) is 9.02. The molecule has 0 N–H and O–H groups in total. The summed E-state index contributed by atoms with van der Waals surface area (Å²) in [4.78, 5) is 37.4. The highest BCUT2D eigenvalue weighted by molar-refractivity contribution is 5.89. The Bertz CT molecular complexity index is 758. The summed E-state index contributed by atoms with van der Waals surface area (Å²) in [6.45, 7) is 3.91. The fraction of sp³-hybridized carbons (Fsp3) is 0.471. The highest BCUT2D eigenvalue weighted by atomic mass is 16.7. The lowest BCUT2D eigenvalue weighted by molar-refractivity contribution is -0.195. The molecule has 0 aliphatic carbocycles. The van der Waals surface area contributed by atoms with Crippen LogP contribution in [0.1, 0.15) is 29.8 Å². The number of aryl methyl sites for hydroxylation is 1. The summed E-state index contributed by atoms with van der Waals surface area (Å²) >= 11 is 0. The van der Waals surface area contributed by atoms with Crippen molar-refractivity contribution in [3.63, 3.8) is 0 Å². The van der Waals surface area contributed by atoms with Crippen molar-refractivity contribution in [3.8, 4) is 0 Å². The first-order valence-electron chi connectivity index (χ1n) is 8.09. The summed E-state index contributed by atoms with van der Waals surface area (Å²) in [5, 5.41) is 3.56. The van der Waals surface area contributed by atoms with Crippen LogP contribution in [-0.4, -0.2) is 49.1 Å². The molecular formula is C17H19N3O7. The van der Waals surface area contributed by atoms with Crippen molar-refractivity contribution in [1.29, 1.82) is 0 Å². The Balaban J connectivity index is 2.11. The lowest BCUT2D eigenvalue weighted by Crippen LogP contribution is -2.38. The van der Waals surface area contributed by atoms with E-state index in [9.17, 15) is 14.4 Å². The molecule has 1 heterocycles.